The highest BCUT2D eigenvalue weighted by atomic mass is 32.1. The maximum absolute atomic E-state index is 11.7. The van der Waals surface area contributed by atoms with E-state index in [1.807, 2.05) is 0 Å². The van der Waals surface area contributed by atoms with Gasteiger partial charge in [-0.05, 0) is 37.5 Å². The monoisotopic (exact) mass is 296 g/mol. The molecule has 4 nitrogen and oxygen atoms in total. The van der Waals surface area contributed by atoms with Crippen molar-refractivity contribution in [2.75, 3.05) is 24.3 Å². The zero-order valence-electron chi connectivity index (χ0n) is 12.0. The van der Waals surface area contributed by atoms with Crippen LogP contribution in [0.5, 0.6) is 0 Å². The van der Waals surface area contributed by atoms with Crippen LogP contribution in [-0.2, 0) is 9.53 Å². The number of carbonyl (C=O) groups is 1. The van der Waals surface area contributed by atoms with Crippen LogP contribution in [0.2, 0.25) is 0 Å². The Bertz CT molecular complexity index is 424. The van der Waals surface area contributed by atoms with Gasteiger partial charge >= 0.3 is 0 Å². The Morgan fingerprint density at radius 2 is 2.05 bits per heavy atom. The number of carbonyl (C=O) groups excluding carboxylic acids is 1. The van der Waals surface area contributed by atoms with Crippen molar-refractivity contribution in [1.29, 1.82) is 0 Å². The van der Waals surface area contributed by atoms with E-state index in [1.54, 1.807) is 18.2 Å². The first-order valence-electron chi connectivity index (χ1n) is 7.09. The topological polar surface area (TPSA) is 64.3 Å². The smallest absolute Gasteiger partial charge is 0.224 e. The average Bonchev–Trinajstić information content (AvgIpc) is 2.42. The van der Waals surface area contributed by atoms with E-state index in [9.17, 15) is 4.79 Å². The maximum Gasteiger partial charge on any atom is 0.224 e. The van der Waals surface area contributed by atoms with E-state index >= 15 is 0 Å². The largest absolute Gasteiger partial charge is 0.398 e. The zero-order chi connectivity index (χ0) is 14.8. The molecule has 0 aliphatic carbocycles. The third kappa shape index (κ3) is 6.82. The Morgan fingerprint density at radius 1 is 1.30 bits per heavy atom. The lowest BCUT2D eigenvalue weighted by Gasteiger charge is -2.07. The SMILES string of the molecule is CCCCOCCCCC(=O)Nc1ccc(S)c(N)c1. The fourth-order valence-corrected chi connectivity index (χ4v) is 1.83. The lowest BCUT2D eigenvalue weighted by Crippen LogP contribution is -2.11. The second-order valence-corrected chi connectivity index (χ2v) is 5.23. The minimum Gasteiger partial charge on any atom is -0.398 e. The number of rotatable bonds is 9. The second kappa shape index (κ2) is 9.66. The van der Waals surface area contributed by atoms with Crippen LogP contribution in [-0.4, -0.2) is 19.1 Å². The Morgan fingerprint density at radius 3 is 2.75 bits per heavy atom. The van der Waals surface area contributed by atoms with Gasteiger partial charge in [0.2, 0.25) is 5.91 Å². The van der Waals surface area contributed by atoms with Crippen molar-refractivity contribution in [3.63, 3.8) is 0 Å². The van der Waals surface area contributed by atoms with Gasteiger partial charge in [0, 0.05) is 35.9 Å². The molecule has 0 aliphatic rings. The van der Waals surface area contributed by atoms with Crippen LogP contribution >= 0.6 is 12.6 Å². The molecule has 0 bridgehead atoms. The predicted octanol–water partition coefficient (Wildman–Crippen LogP) is 3.48. The molecule has 112 valence electrons. The standard InChI is InChI=1S/C15H24N2O2S/c1-2-3-9-19-10-5-4-6-15(18)17-12-7-8-14(20)13(16)11-12/h7-8,11,20H,2-6,9-10,16H2,1H3,(H,17,18). The van der Waals surface area contributed by atoms with Gasteiger partial charge in [-0.2, -0.15) is 0 Å². The number of nitrogens with two attached hydrogens (primary N) is 1. The Balaban J connectivity index is 2.15. The van der Waals surface area contributed by atoms with Gasteiger partial charge in [0.15, 0.2) is 0 Å². The van der Waals surface area contributed by atoms with E-state index in [0.717, 1.165) is 38.9 Å². The predicted molar refractivity (Wildman–Crippen MR) is 86.3 cm³/mol. The summed E-state index contributed by atoms with van der Waals surface area (Å²) < 4.78 is 5.45. The highest BCUT2D eigenvalue weighted by Crippen LogP contribution is 2.20. The lowest BCUT2D eigenvalue weighted by atomic mass is 10.2. The average molecular weight is 296 g/mol. The molecule has 0 saturated carbocycles. The molecule has 0 spiro atoms. The normalized spacial score (nSPS) is 10.5. The summed E-state index contributed by atoms with van der Waals surface area (Å²) in [5, 5.41) is 2.83. The van der Waals surface area contributed by atoms with E-state index in [2.05, 4.69) is 24.9 Å². The van der Waals surface area contributed by atoms with Crippen LogP contribution in [0.4, 0.5) is 11.4 Å². The summed E-state index contributed by atoms with van der Waals surface area (Å²) in [7, 11) is 0. The fourth-order valence-electron chi connectivity index (χ4n) is 1.69. The highest BCUT2D eigenvalue weighted by Gasteiger charge is 2.03. The molecule has 0 aromatic heterocycles. The van der Waals surface area contributed by atoms with Crippen molar-refractivity contribution in [1.82, 2.24) is 0 Å². The molecule has 0 saturated heterocycles. The van der Waals surface area contributed by atoms with E-state index in [4.69, 9.17) is 10.5 Å². The molecule has 1 amide bonds. The van der Waals surface area contributed by atoms with Gasteiger partial charge in [-0.25, -0.2) is 0 Å². The Kier molecular flexibility index (Phi) is 8.14. The number of amides is 1. The number of anilines is 2. The van der Waals surface area contributed by atoms with Crippen molar-refractivity contribution in [2.45, 2.75) is 43.9 Å². The van der Waals surface area contributed by atoms with Gasteiger partial charge in [-0.3, -0.25) is 4.79 Å². The van der Waals surface area contributed by atoms with Crippen LogP contribution in [0.15, 0.2) is 23.1 Å². The summed E-state index contributed by atoms with van der Waals surface area (Å²) in [6.07, 6.45) is 4.49. The van der Waals surface area contributed by atoms with Crippen molar-refractivity contribution >= 4 is 29.9 Å². The van der Waals surface area contributed by atoms with Crippen LogP contribution in [0.1, 0.15) is 39.0 Å². The molecule has 0 atom stereocenters. The molecule has 0 heterocycles. The molecule has 0 unspecified atom stereocenters. The maximum atomic E-state index is 11.7. The summed E-state index contributed by atoms with van der Waals surface area (Å²) in [5.74, 6) is 0.00451. The van der Waals surface area contributed by atoms with Gasteiger partial charge in [-0.1, -0.05) is 13.3 Å². The van der Waals surface area contributed by atoms with Crippen LogP contribution in [0, 0.1) is 0 Å². The molecule has 1 rings (SSSR count). The highest BCUT2D eigenvalue weighted by molar-refractivity contribution is 7.80. The third-order valence-corrected chi connectivity index (χ3v) is 3.30. The van der Waals surface area contributed by atoms with E-state index < -0.39 is 0 Å². The summed E-state index contributed by atoms with van der Waals surface area (Å²) in [5.41, 5.74) is 7.01. The number of ether oxygens (including phenoxy) is 1. The molecule has 0 fully saturated rings. The Labute approximate surface area is 126 Å². The minimum absolute atomic E-state index is 0.00451. The van der Waals surface area contributed by atoms with Crippen LogP contribution in [0.25, 0.3) is 0 Å². The van der Waals surface area contributed by atoms with Gasteiger partial charge in [0.1, 0.15) is 0 Å². The van der Waals surface area contributed by atoms with Crippen molar-refractivity contribution < 1.29 is 9.53 Å². The first-order chi connectivity index (χ1) is 9.63. The lowest BCUT2D eigenvalue weighted by molar-refractivity contribution is -0.116. The van der Waals surface area contributed by atoms with Gasteiger partial charge in [0.05, 0.1) is 0 Å². The first kappa shape index (κ1) is 16.9. The Hall–Kier alpha value is -1.20. The summed E-state index contributed by atoms with van der Waals surface area (Å²) in [4.78, 5) is 12.4. The minimum atomic E-state index is 0.00451. The van der Waals surface area contributed by atoms with Gasteiger partial charge < -0.3 is 15.8 Å². The molecular weight excluding hydrogens is 272 g/mol. The second-order valence-electron chi connectivity index (χ2n) is 4.74. The summed E-state index contributed by atoms with van der Waals surface area (Å²) in [6, 6.07) is 5.29. The third-order valence-electron chi connectivity index (χ3n) is 2.90. The quantitative estimate of drug-likeness (QED) is 0.371. The molecule has 3 N–H and O–H groups in total. The van der Waals surface area contributed by atoms with E-state index in [1.165, 1.54) is 0 Å². The van der Waals surface area contributed by atoms with E-state index in [0.29, 0.717) is 22.7 Å². The van der Waals surface area contributed by atoms with Crippen molar-refractivity contribution in [2.24, 2.45) is 0 Å². The number of benzene rings is 1. The number of hydrogen-bond donors (Lipinski definition) is 3. The van der Waals surface area contributed by atoms with Gasteiger partial charge in [-0.15, -0.1) is 12.6 Å². The number of thiol groups is 1. The van der Waals surface area contributed by atoms with Crippen LogP contribution < -0.4 is 11.1 Å². The number of unbranched alkanes of at least 4 members (excludes halogenated alkanes) is 2. The molecule has 0 aliphatic heterocycles. The molecule has 20 heavy (non-hydrogen) atoms. The van der Waals surface area contributed by atoms with Crippen molar-refractivity contribution in [3.8, 4) is 0 Å². The van der Waals surface area contributed by atoms with Crippen molar-refractivity contribution in [3.05, 3.63) is 18.2 Å². The summed E-state index contributed by atoms with van der Waals surface area (Å²) in [6.45, 7) is 3.69. The fraction of sp³-hybridized carbons (Fsp3) is 0.533. The zero-order valence-corrected chi connectivity index (χ0v) is 12.9. The number of nitrogen functional groups attached to an aromatic ring is 1. The summed E-state index contributed by atoms with van der Waals surface area (Å²) >= 11 is 4.19. The molecule has 1 aromatic rings. The molecule has 1 aromatic carbocycles. The molecule has 5 heteroatoms. The number of nitrogens with one attached hydrogen (secondary N) is 1. The van der Waals surface area contributed by atoms with E-state index in [-0.39, 0.29) is 5.91 Å². The van der Waals surface area contributed by atoms with Crippen LogP contribution in [0.3, 0.4) is 0 Å². The molecule has 0 radical (unpaired) electrons. The van der Waals surface area contributed by atoms with Gasteiger partial charge in [0.25, 0.3) is 0 Å². The molecular formula is C15H24N2O2S. The first-order valence-corrected chi connectivity index (χ1v) is 7.54. The number of hydrogen-bond acceptors (Lipinski definition) is 4.